The Morgan fingerprint density at radius 2 is 1.59 bits per heavy atom. The number of fused-ring (bicyclic) bond motifs is 1. The molecule has 4 aromatic rings. The Bertz CT molecular complexity index is 1360. The van der Waals surface area contributed by atoms with Gasteiger partial charge in [-0.3, -0.25) is 9.59 Å². The number of rotatable bonds is 6. The molecule has 0 amide bonds. The molecular weight excluding hydrogens is 433 g/mol. The number of nitrogens with zero attached hydrogens (tertiary/aromatic N) is 1. The van der Waals surface area contributed by atoms with Gasteiger partial charge in [-0.2, -0.15) is 0 Å². The highest BCUT2D eigenvalue weighted by molar-refractivity contribution is 6.30. The molecule has 0 saturated heterocycles. The van der Waals surface area contributed by atoms with Gasteiger partial charge in [0.2, 0.25) is 5.43 Å². The third kappa shape index (κ3) is 4.09. The fraction of sp³-hybridized carbons (Fsp3) is 0.120. The van der Waals surface area contributed by atoms with Gasteiger partial charge in [0.1, 0.15) is 5.82 Å². The van der Waals surface area contributed by atoms with Crippen molar-refractivity contribution >= 4 is 28.3 Å². The number of ether oxygens (including phenoxy) is 2. The molecule has 0 spiro atoms. The van der Waals surface area contributed by atoms with Crippen molar-refractivity contribution in [1.82, 2.24) is 4.57 Å². The maximum Gasteiger partial charge on any atom is 0.200 e. The van der Waals surface area contributed by atoms with Crippen molar-refractivity contribution in [3.63, 3.8) is 0 Å². The fourth-order valence-corrected chi connectivity index (χ4v) is 3.68. The van der Waals surface area contributed by atoms with Gasteiger partial charge in [0.05, 0.1) is 30.7 Å². The Labute approximate surface area is 188 Å². The number of pyridine rings is 1. The van der Waals surface area contributed by atoms with Gasteiger partial charge < -0.3 is 14.0 Å². The van der Waals surface area contributed by atoms with Gasteiger partial charge in [-0.05, 0) is 48.0 Å². The summed E-state index contributed by atoms with van der Waals surface area (Å²) in [6.45, 7) is 0.382. The molecule has 0 atom stereocenters. The van der Waals surface area contributed by atoms with Crippen LogP contribution >= 0.6 is 11.6 Å². The van der Waals surface area contributed by atoms with E-state index in [4.69, 9.17) is 21.1 Å². The Balaban J connectivity index is 1.95. The van der Waals surface area contributed by atoms with Crippen LogP contribution in [0.25, 0.3) is 10.9 Å². The predicted octanol–water partition coefficient (Wildman–Crippen LogP) is 5.09. The maximum absolute atomic E-state index is 13.3. The van der Waals surface area contributed by atoms with E-state index in [1.54, 1.807) is 28.8 Å². The summed E-state index contributed by atoms with van der Waals surface area (Å²) in [6, 6.07) is 15.7. The van der Waals surface area contributed by atoms with Gasteiger partial charge in [0.25, 0.3) is 0 Å². The van der Waals surface area contributed by atoms with Gasteiger partial charge in [-0.25, -0.2) is 4.39 Å². The van der Waals surface area contributed by atoms with Crippen molar-refractivity contribution in [2.24, 2.45) is 0 Å². The number of benzene rings is 3. The molecule has 0 fully saturated rings. The van der Waals surface area contributed by atoms with E-state index in [2.05, 4.69) is 0 Å². The Morgan fingerprint density at radius 3 is 2.22 bits per heavy atom. The number of hydrogen-bond acceptors (Lipinski definition) is 4. The van der Waals surface area contributed by atoms with Gasteiger partial charge >= 0.3 is 0 Å². The van der Waals surface area contributed by atoms with Crippen LogP contribution in [0.15, 0.2) is 71.7 Å². The van der Waals surface area contributed by atoms with E-state index >= 15 is 0 Å². The number of carbonyl (C=O) groups is 1. The molecule has 32 heavy (non-hydrogen) atoms. The minimum Gasteiger partial charge on any atom is -0.493 e. The molecule has 162 valence electrons. The van der Waals surface area contributed by atoms with Crippen LogP contribution in [0.4, 0.5) is 4.39 Å². The number of methoxy groups -OCH3 is 2. The lowest BCUT2D eigenvalue weighted by molar-refractivity contribution is 0.103. The molecule has 1 heterocycles. The monoisotopic (exact) mass is 451 g/mol. The lowest BCUT2D eigenvalue weighted by Gasteiger charge is -2.16. The number of carbonyl (C=O) groups excluding carboxylic acids is 1. The van der Waals surface area contributed by atoms with Gasteiger partial charge in [0.15, 0.2) is 17.3 Å². The molecule has 0 bridgehead atoms. The second-order valence-electron chi connectivity index (χ2n) is 7.19. The number of aromatic nitrogens is 1. The zero-order chi connectivity index (χ0) is 22.8. The lowest BCUT2D eigenvalue weighted by Crippen LogP contribution is -2.20. The average molecular weight is 452 g/mol. The predicted molar refractivity (Wildman–Crippen MR) is 122 cm³/mol. The smallest absolute Gasteiger partial charge is 0.200 e. The summed E-state index contributed by atoms with van der Waals surface area (Å²) >= 11 is 6.00. The quantitative estimate of drug-likeness (QED) is 0.383. The first-order valence-corrected chi connectivity index (χ1v) is 10.1. The summed E-state index contributed by atoms with van der Waals surface area (Å²) < 4.78 is 25.9. The SMILES string of the molecule is COc1cc2c(=O)c(C(=O)c3ccc(F)cc3)cn(Cc3ccc(Cl)cc3)c2cc1OC. The first-order chi connectivity index (χ1) is 15.4. The first kappa shape index (κ1) is 21.6. The van der Waals surface area contributed by atoms with E-state index in [9.17, 15) is 14.0 Å². The number of hydrogen-bond donors (Lipinski definition) is 0. The molecular formula is C25H19ClFNO4. The highest BCUT2D eigenvalue weighted by atomic mass is 35.5. The zero-order valence-corrected chi connectivity index (χ0v) is 18.2. The molecule has 0 radical (unpaired) electrons. The van der Waals surface area contributed by atoms with Crippen molar-refractivity contribution in [2.75, 3.05) is 14.2 Å². The average Bonchev–Trinajstić information content (AvgIpc) is 2.81. The zero-order valence-electron chi connectivity index (χ0n) is 17.4. The van der Waals surface area contributed by atoms with E-state index in [1.807, 2.05) is 12.1 Å². The molecule has 7 heteroatoms. The lowest BCUT2D eigenvalue weighted by atomic mass is 10.0. The molecule has 5 nitrogen and oxygen atoms in total. The van der Waals surface area contributed by atoms with E-state index in [0.717, 1.165) is 5.56 Å². The summed E-state index contributed by atoms with van der Waals surface area (Å²) in [5.41, 5.74) is 1.27. The van der Waals surface area contributed by atoms with Crippen molar-refractivity contribution in [1.29, 1.82) is 0 Å². The Morgan fingerprint density at radius 1 is 0.969 bits per heavy atom. The summed E-state index contributed by atoms with van der Waals surface area (Å²) in [5, 5.41) is 0.918. The summed E-state index contributed by atoms with van der Waals surface area (Å²) in [5.74, 6) is -0.114. The van der Waals surface area contributed by atoms with Gasteiger partial charge in [-0.1, -0.05) is 23.7 Å². The van der Waals surface area contributed by atoms with Crippen LogP contribution in [-0.4, -0.2) is 24.6 Å². The van der Waals surface area contributed by atoms with E-state index < -0.39 is 17.0 Å². The summed E-state index contributed by atoms with van der Waals surface area (Å²) in [7, 11) is 2.99. The van der Waals surface area contributed by atoms with Crippen molar-refractivity contribution < 1.29 is 18.7 Å². The number of ketones is 1. The van der Waals surface area contributed by atoms with Crippen LogP contribution in [0.2, 0.25) is 5.02 Å². The van der Waals surface area contributed by atoms with Crippen molar-refractivity contribution in [3.8, 4) is 11.5 Å². The minimum absolute atomic E-state index is 0.0229. The second kappa shape index (κ2) is 8.85. The largest absolute Gasteiger partial charge is 0.493 e. The number of halogens is 2. The molecule has 1 aromatic heterocycles. The van der Waals surface area contributed by atoms with Crippen LogP contribution in [0.3, 0.4) is 0 Å². The minimum atomic E-state index is -0.489. The van der Waals surface area contributed by atoms with Crippen LogP contribution in [0.5, 0.6) is 11.5 Å². The summed E-state index contributed by atoms with van der Waals surface area (Å²) in [6.07, 6.45) is 1.52. The molecule has 0 aliphatic carbocycles. The van der Waals surface area contributed by atoms with Gasteiger partial charge in [0, 0.05) is 29.4 Å². The maximum atomic E-state index is 13.3. The Kier molecular flexibility index (Phi) is 5.97. The third-order valence-electron chi connectivity index (χ3n) is 5.20. The standard InChI is InChI=1S/C25H19ClFNO4/c1-31-22-11-19-21(12-23(22)32-2)28(13-15-3-7-17(26)8-4-15)14-20(25(19)30)24(29)16-5-9-18(27)10-6-16/h3-12,14H,13H2,1-2H3. The highest BCUT2D eigenvalue weighted by Gasteiger charge is 2.19. The topological polar surface area (TPSA) is 57.5 Å². The first-order valence-electron chi connectivity index (χ1n) is 9.75. The van der Waals surface area contributed by atoms with Crippen molar-refractivity contribution in [3.05, 3.63) is 105 Å². The summed E-state index contributed by atoms with van der Waals surface area (Å²) in [4.78, 5) is 26.4. The van der Waals surface area contributed by atoms with Gasteiger partial charge in [-0.15, -0.1) is 0 Å². The third-order valence-corrected chi connectivity index (χ3v) is 5.45. The van der Waals surface area contributed by atoms with Crippen LogP contribution in [-0.2, 0) is 6.54 Å². The second-order valence-corrected chi connectivity index (χ2v) is 7.62. The van der Waals surface area contributed by atoms with E-state index in [0.29, 0.717) is 34.0 Å². The van der Waals surface area contributed by atoms with Crippen LogP contribution < -0.4 is 14.9 Å². The fourth-order valence-electron chi connectivity index (χ4n) is 3.55. The molecule has 3 aromatic carbocycles. The normalized spacial score (nSPS) is 10.9. The molecule has 0 aliphatic rings. The van der Waals surface area contributed by atoms with Crippen molar-refractivity contribution in [2.45, 2.75) is 6.54 Å². The molecule has 0 N–H and O–H groups in total. The molecule has 4 rings (SSSR count). The van der Waals surface area contributed by atoms with E-state index in [-0.39, 0.29) is 11.1 Å². The van der Waals surface area contributed by atoms with E-state index in [1.165, 1.54) is 44.7 Å². The molecule has 0 unspecified atom stereocenters. The van der Waals surface area contributed by atoms with Crippen LogP contribution in [0.1, 0.15) is 21.5 Å². The highest BCUT2D eigenvalue weighted by Crippen LogP contribution is 2.31. The molecule has 0 saturated carbocycles. The molecule has 0 aliphatic heterocycles. The Hall–Kier alpha value is -3.64. The van der Waals surface area contributed by atoms with Crippen LogP contribution in [0, 0.1) is 5.82 Å².